The van der Waals surface area contributed by atoms with E-state index in [9.17, 15) is 5.26 Å². The fourth-order valence-corrected chi connectivity index (χ4v) is 8.48. The van der Waals surface area contributed by atoms with Gasteiger partial charge >= 0.3 is 0 Å². The molecule has 0 unspecified atom stereocenters. The van der Waals surface area contributed by atoms with E-state index in [1.165, 1.54) is 47.1 Å². The van der Waals surface area contributed by atoms with Crippen LogP contribution in [0.1, 0.15) is 48.8 Å². The van der Waals surface area contributed by atoms with Gasteiger partial charge in [-0.05, 0) is 75.5 Å². The Balaban J connectivity index is 1.27. The molecule has 50 heavy (non-hydrogen) atoms. The largest absolute Gasteiger partial charge is 0.228 e. The average Bonchev–Trinajstić information content (AvgIpc) is 3.46. The number of nitriles is 1. The third-order valence-corrected chi connectivity index (χ3v) is 10.8. The van der Waals surface area contributed by atoms with Gasteiger partial charge in [-0.2, -0.15) is 5.26 Å². The Kier molecular flexibility index (Phi) is 7.44. The van der Waals surface area contributed by atoms with Crippen molar-refractivity contribution in [3.63, 3.8) is 0 Å². The van der Waals surface area contributed by atoms with Gasteiger partial charge in [-0.1, -0.05) is 153 Å². The molecule has 1 aromatic heterocycles. The van der Waals surface area contributed by atoms with E-state index in [2.05, 4.69) is 146 Å². The summed E-state index contributed by atoms with van der Waals surface area (Å²) < 4.78 is 0. The molecule has 9 rings (SSSR count). The van der Waals surface area contributed by atoms with E-state index in [4.69, 9.17) is 9.97 Å². The lowest BCUT2D eigenvalue weighted by Crippen LogP contribution is -2.28. The van der Waals surface area contributed by atoms with Crippen LogP contribution in [0.3, 0.4) is 0 Å². The summed E-state index contributed by atoms with van der Waals surface area (Å²) in [7, 11) is 0. The minimum atomic E-state index is -0.0568. The molecule has 2 aliphatic rings. The molecule has 0 atom stereocenters. The highest BCUT2D eigenvalue weighted by atomic mass is 14.9. The minimum absolute atomic E-state index is 0.0568. The number of aromatic nitrogens is 2. The summed E-state index contributed by atoms with van der Waals surface area (Å²) in [5.74, 6) is 0.697. The first-order valence-corrected chi connectivity index (χ1v) is 17.6. The second kappa shape index (κ2) is 12.4. The lowest BCUT2D eigenvalue weighted by molar-refractivity contribution is 0.353. The van der Waals surface area contributed by atoms with Crippen LogP contribution in [0.15, 0.2) is 152 Å². The molecule has 0 amide bonds. The normalized spacial score (nSPS) is 14.1. The Bertz CT molecular complexity index is 2410. The number of hydrogen-bond acceptors (Lipinski definition) is 3. The first-order valence-electron chi connectivity index (χ1n) is 17.6. The predicted octanol–water partition coefficient (Wildman–Crippen LogP) is 11.9. The SMILES string of the molecule is N#Cc1ccc2c(c1)C1(CCCCC1)c1cccc(-c3ccccc3-c3nc(-c4ccccc4)cc(-c4ccccc4-c4ccccc4)n3)c1-2. The third kappa shape index (κ3) is 4.96. The van der Waals surface area contributed by atoms with E-state index in [0.717, 1.165) is 63.2 Å². The number of hydrogen-bond donors (Lipinski definition) is 0. The molecular formula is C47H35N3. The van der Waals surface area contributed by atoms with Gasteiger partial charge in [-0.3, -0.25) is 0 Å². The third-order valence-electron chi connectivity index (χ3n) is 10.8. The van der Waals surface area contributed by atoms with Crippen molar-refractivity contribution in [1.29, 1.82) is 5.26 Å². The maximum Gasteiger partial charge on any atom is 0.161 e. The molecule has 3 heteroatoms. The Morgan fingerprint density at radius 1 is 0.460 bits per heavy atom. The molecule has 1 saturated carbocycles. The van der Waals surface area contributed by atoms with Crippen LogP contribution in [0.4, 0.5) is 0 Å². The van der Waals surface area contributed by atoms with Crippen LogP contribution in [0.2, 0.25) is 0 Å². The fourth-order valence-electron chi connectivity index (χ4n) is 8.48. The molecule has 238 valence electrons. The zero-order valence-electron chi connectivity index (χ0n) is 27.8. The van der Waals surface area contributed by atoms with Crippen LogP contribution in [0.25, 0.3) is 67.3 Å². The quantitative estimate of drug-likeness (QED) is 0.188. The first-order chi connectivity index (χ1) is 24.7. The molecule has 3 nitrogen and oxygen atoms in total. The van der Waals surface area contributed by atoms with Gasteiger partial charge in [0.25, 0.3) is 0 Å². The van der Waals surface area contributed by atoms with E-state index >= 15 is 0 Å². The van der Waals surface area contributed by atoms with Crippen molar-refractivity contribution in [2.24, 2.45) is 0 Å². The molecule has 1 fully saturated rings. The molecule has 2 aliphatic carbocycles. The van der Waals surface area contributed by atoms with Crippen LogP contribution in [-0.2, 0) is 5.41 Å². The topological polar surface area (TPSA) is 49.6 Å². The molecule has 7 aromatic rings. The predicted molar refractivity (Wildman–Crippen MR) is 203 cm³/mol. The van der Waals surface area contributed by atoms with Gasteiger partial charge in [-0.25, -0.2) is 9.97 Å². The lowest BCUT2D eigenvalue weighted by atomic mass is 9.67. The van der Waals surface area contributed by atoms with Gasteiger partial charge in [-0.15, -0.1) is 0 Å². The summed E-state index contributed by atoms with van der Waals surface area (Å²) >= 11 is 0. The lowest BCUT2D eigenvalue weighted by Gasteiger charge is -2.36. The van der Waals surface area contributed by atoms with Crippen molar-refractivity contribution in [3.8, 4) is 73.4 Å². The van der Waals surface area contributed by atoms with Gasteiger partial charge in [0.15, 0.2) is 5.82 Å². The second-order valence-corrected chi connectivity index (χ2v) is 13.5. The number of nitrogens with zero attached hydrogens (tertiary/aromatic N) is 3. The van der Waals surface area contributed by atoms with Crippen molar-refractivity contribution in [2.75, 3.05) is 0 Å². The highest BCUT2D eigenvalue weighted by Crippen LogP contribution is 2.58. The summed E-state index contributed by atoms with van der Waals surface area (Å²) in [4.78, 5) is 10.7. The van der Waals surface area contributed by atoms with Gasteiger partial charge in [0.05, 0.1) is 23.0 Å². The Labute approximate surface area is 293 Å². The summed E-state index contributed by atoms with van der Waals surface area (Å²) in [6, 6.07) is 55.7. The zero-order valence-corrected chi connectivity index (χ0v) is 27.8. The van der Waals surface area contributed by atoms with Crippen molar-refractivity contribution >= 4 is 0 Å². The van der Waals surface area contributed by atoms with Crippen molar-refractivity contribution in [1.82, 2.24) is 9.97 Å². The monoisotopic (exact) mass is 641 g/mol. The van der Waals surface area contributed by atoms with Gasteiger partial charge in [0, 0.05) is 22.1 Å². The van der Waals surface area contributed by atoms with E-state index in [1.807, 2.05) is 12.1 Å². The molecular weight excluding hydrogens is 607 g/mol. The highest BCUT2D eigenvalue weighted by molar-refractivity contribution is 5.97. The maximum atomic E-state index is 9.90. The summed E-state index contributed by atoms with van der Waals surface area (Å²) in [5.41, 5.74) is 15.4. The van der Waals surface area contributed by atoms with Crippen LogP contribution in [-0.4, -0.2) is 9.97 Å². The van der Waals surface area contributed by atoms with Gasteiger partial charge < -0.3 is 0 Å². The molecule has 0 saturated heterocycles. The molecule has 0 radical (unpaired) electrons. The number of fused-ring (bicyclic) bond motifs is 5. The molecule has 1 heterocycles. The van der Waals surface area contributed by atoms with Gasteiger partial charge in [0.1, 0.15) is 0 Å². The Hall–Kier alpha value is -6.11. The fraction of sp³-hybridized carbons (Fsp3) is 0.128. The zero-order chi connectivity index (χ0) is 33.5. The Morgan fingerprint density at radius 3 is 1.82 bits per heavy atom. The minimum Gasteiger partial charge on any atom is -0.228 e. The average molecular weight is 642 g/mol. The summed E-state index contributed by atoms with van der Waals surface area (Å²) in [6.07, 6.45) is 5.88. The molecule has 6 aromatic carbocycles. The summed E-state index contributed by atoms with van der Waals surface area (Å²) in [6.45, 7) is 0. The molecule has 0 N–H and O–H groups in total. The van der Waals surface area contributed by atoms with Crippen LogP contribution in [0.5, 0.6) is 0 Å². The van der Waals surface area contributed by atoms with Crippen molar-refractivity contribution < 1.29 is 0 Å². The van der Waals surface area contributed by atoms with E-state index in [1.54, 1.807) is 0 Å². The molecule has 1 spiro atoms. The van der Waals surface area contributed by atoms with Crippen LogP contribution in [0, 0.1) is 11.3 Å². The van der Waals surface area contributed by atoms with Crippen molar-refractivity contribution in [2.45, 2.75) is 37.5 Å². The van der Waals surface area contributed by atoms with Crippen LogP contribution < -0.4 is 0 Å². The van der Waals surface area contributed by atoms with Gasteiger partial charge in [0.2, 0.25) is 0 Å². The van der Waals surface area contributed by atoms with E-state index in [0.29, 0.717) is 5.82 Å². The number of rotatable bonds is 5. The standard InChI is InChI=1S/C47H35N3/c48-31-32-25-26-40-42(29-32)47(27-12-3-13-28-47)41-24-14-23-38(45(40)41)36-20-9-11-22-39(36)46-49-43(34-17-6-2-7-18-34)30-44(50-46)37-21-10-8-19-35(37)33-15-4-1-5-16-33/h1-2,4-11,14-26,29-30H,3,12-13,27-28H2. The highest BCUT2D eigenvalue weighted by Gasteiger charge is 2.44. The Morgan fingerprint density at radius 2 is 1.08 bits per heavy atom. The van der Waals surface area contributed by atoms with E-state index < -0.39 is 0 Å². The van der Waals surface area contributed by atoms with E-state index in [-0.39, 0.29) is 5.41 Å². The number of benzene rings is 6. The maximum absolute atomic E-state index is 9.90. The first kappa shape index (κ1) is 30.0. The van der Waals surface area contributed by atoms with Crippen molar-refractivity contribution in [3.05, 3.63) is 168 Å². The summed E-state index contributed by atoms with van der Waals surface area (Å²) in [5, 5.41) is 9.90. The molecule has 0 bridgehead atoms. The van der Waals surface area contributed by atoms with Crippen LogP contribution >= 0.6 is 0 Å². The second-order valence-electron chi connectivity index (χ2n) is 13.5. The smallest absolute Gasteiger partial charge is 0.161 e. The molecule has 0 aliphatic heterocycles.